The van der Waals surface area contributed by atoms with E-state index in [0.29, 0.717) is 17.1 Å². The second-order valence-electron chi connectivity index (χ2n) is 6.94. The van der Waals surface area contributed by atoms with Crippen molar-refractivity contribution in [3.05, 3.63) is 18.2 Å². The van der Waals surface area contributed by atoms with Gasteiger partial charge in [0, 0.05) is 11.6 Å². The lowest BCUT2D eigenvalue weighted by Gasteiger charge is -2.30. The first-order chi connectivity index (χ1) is 13.8. The summed E-state index contributed by atoms with van der Waals surface area (Å²) in [6, 6.07) is 4.68. The maximum atomic E-state index is 12.9. The number of benzene rings is 1. The highest BCUT2D eigenvalue weighted by molar-refractivity contribution is 7.99. The molecule has 0 bridgehead atoms. The predicted octanol–water partition coefficient (Wildman–Crippen LogP) is 3.75. The van der Waals surface area contributed by atoms with Gasteiger partial charge >= 0.3 is 6.18 Å². The standard InChI is InChI=1S/C18H18F3N3O4S/c1-10(11-2-3-11)24(8-18(19,20)21)15(25)7-29-17-23-22-16(28-17)12-4-5-13-14(6-12)27-9-26-13/h4-6,10-11H,2-3,7-9H2,1H3. The van der Waals surface area contributed by atoms with Crippen LogP contribution in [0.1, 0.15) is 19.8 Å². The van der Waals surface area contributed by atoms with Crippen LogP contribution in [-0.4, -0.2) is 52.3 Å². The maximum absolute atomic E-state index is 12.9. The number of carbonyl (C=O) groups excluding carboxylic acids is 1. The highest BCUT2D eigenvalue weighted by atomic mass is 32.2. The summed E-state index contributed by atoms with van der Waals surface area (Å²) in [4.78, 5) is 13.4. The quantitative estimate of drug-likeness (QED) is 0.621. The summed E-state index contributed by atoms with van der Waals surface area (Å²) in [7, 11) is 0. The van der Waals surface area contributed by atoms with Crippen LogP contribution in [0, 0.1) is 5.92 Å². The van der Waals surface area contributed by atoms with Crippen LogP contribution in [0.2, 0.25) is 0 Å². The van der Waals surface area contributed by atoms with Crippen LogP contribution in [0.15, 0.2) is 27.8 Å². The molecule has 0 radical (unpaired) electrons. The highest BCUT2D eigenvalue weighted by Gasteiger charge is 2.40. The molecule has 29 heavy (non-hydrogen) atoms. The number of carbonyl (C=O) groups is 1. The number of alkyl halides is 3. The van der Waals surface area contributed by atoms with Crippen molar-refractivity contribution in [3.63, 3.8) is 0 Å². The summed E-state index contributed by atoms with van der Waals surface area (Å²) in [5, 5.41) is 7.90. The molecule has 0 spiro atoms. The molecule has 1 fully saturated rings. The number of hydrogen-bond acceptors (Lipinski definition) is 7. The normalized spacial score (nSPS) is 16.7. The minimum atomic E-state index is -4.44. The number of halogens is 3. The minimum absolute atomic E-state index is 0.108. The van der Waals surface area contributed by atoms with E-state index < -0.39 is 24.7 Å². The molecule has 0 saturated heterocycles. The molecule has 7 nitrogen and oxygen atoms in total. The first-order valence-electron chi connectivity index (χ1n) is 9.03. The Morgan fingerprint density at radius 2 is 2.03 bits per heavy atom. The van der Waals surface area contributed by atoms with Crippen LogP contribution in [0.3, 0.4) is 0 Å². The van der Waals surface area contributed by atoms with Crippen LogP contribution in [0.5, 0.6) is 11.5 Å². The Balaban J connectivity index is 1.40. The van der Waals surface area contributed by atoms with Crippen LogP contribution < -0.4 is 9.47 Å². The lowest BCUT2D eigenvalue weighted by Crippen LogP contribution is -2.46. The monoisotopic (exact) mass is 429 g/mol. The molecule has 156 valence electrons. The summed E-state index contributed by atoms with van der Waals surface area (Å²) < 4.78 is 54.8. The largest absolute Gasteiger partial charge is 0.454 e. The van der Waals surface area contributed by atoms with E-state index in [9.17, 15) is 18.0 Å². The fourth-order valence-electron chi connectivity index (χ4n) is 3.11. The van der Waals surface area contributed by atoms with Gasteiger partial charge in [0.05, 0.1) is 5.75 Å². The summed E-state index contributed by atoms with van der Waals surface area (Å²) in [6.45, 7) is 0.548. The van der Waals surface area contributed by atoms with Gasteiger partial charge in [-0.2, -0.15) is 13.2 Å². The molecule has 1 aromatic carbocycles. The lowest BCUT2D eigenvalue weighted by molar-refractivity contribution is -0.164. The van der Waals surface area contributed by atoms with Crippen LogP contribution >= 0.6 is 11.8 Å². The Kier molecular flexibility index (Phi) is 5.32. The number of thioether (sulfide) groups is 1. The molecule has 0 N–H and O–H groups in total. The molecule has 1 aliphatic carbocycles. The van der Waals surface area contributed by atoms with E-state index in [1.807, 2.05) is 0 Å². The summed E-state index contributed by atoms with van der Waals surface area (Å²) in [5.74, 6) is 0.708. The molecular formula is C18H18F3N3O4S. The average Bonchev–Trinajstić information content (AvgIpc) is 3.23. The Bertz CT molecular complexity index is 901. The SMILES string of the molecule is CC(C1CC1)N(CC(F)(F)F)C(=O)CSc1nnc(-c2ccc3c(c2)OCO3)o1. The zero-order chi connectivity index (χ0) is 20.6. The number of hydrogen-bond donors (Lipinski definition) is 0. The molecule has 1 aromatic heterocycles. The Hall–Kier alpha value is -2.43. The minimum Gasteiger partial charge on any atom is -0.454 e. The molecule has 1 atom stereocenters. The van der Waals surface area contributed by atoms with Gasteiger partial charge in [0.25, 0.3) is 5.22 Å². The highest BCUT2D eigenvalue weighted by Crippen LogP contribution is 2.37. The summed E-state index contributed by atoms with van der Waals surface area (Å²) in [6.07, 6.45) is -2.75. The number of nitrogens with zero attached hydrogens (tertiary/aromatic N) is 3. The van der Waals surface area contributed by atoms with Crippen molar-refractivity contribution in [2.45, 2.75) is 37.2 Å². The third-order valence-electron chi connectivity index (χ3n) is 4.81. The van der Waals surface area contributed by atoms with Crippen molar-refractivity contribution >= 4 is 17.7 Å². The third kappa shape index (κ3) is 4.77. The maximum Gasteiger partial charge on any atom is 0.406 e. The van der Waals surface area contributed by atoms with Crippen molar-refractivity contribution in [2.75, 3.05) is 19.1 Å². The molecule has 1 unspecified atom stereocenters. The first-order valence-corrected chi connectivity index (χ1v) is 10.0. The van der Waals surface area contributed by atoms with E-state index in [1.54, 1.807) is 25.1 Å². The van der Waals surface area contributed by atoms with Gasteiger partial charge < -0.3 is 18.8 Å². The van der Waals surface area contributed by atoms with Crippen LogP contribution in [0.25, 0.3) is 11.5 Å². The number of amides is 1. The topological polar surface area (TPSA) is 77.7 Å². The fraction of sp³-hybridized carbons (Fsp3) is 0.500. The Labute approximate surface area is 168 Å². The molecular weight excluding hydrogens is 411 g/mol. The Morgan fingerprint density at radius 1 is 1.28 bits per heavy atom. The van der Waals surface area contributed by atoms with Crippen molar-refractivity contribution in [3.8, 4) is 23.0 Å². The van der Waals surface area contributed by atoms with Gasteiger partial charge in [-0.1, -0.05) is 11.8 Å². The number of rotatable bonds is 7. The summed E-state index contributed by atoms with van der Waals surface area (Å²) >= 11 is 0.919. The molecule has 1 saturated carbocycles. The van der Waals surface area contributed by atoms with Gasteiger partial charge in [-0.25, -0.2) is 0 Å². The third-order valence-corrected chi connectivity index (χ3v) is 5.61. The lowest BCUT2D eigenvalue weighted by atomic mass is 10.2. The first kappa shape index (κ1) is 19.9. The van der Waals surface area contributed by atoms with Gasteiger partial charge in [0.2, 0.25) is 18.6 Å². The molecule has 1 aliphatic heterocycles. The van der Waals surface area contributed by atoms with Gasteiger partial charge in [0.15, 0.2) is 11.5 Å². The van der Waals surface area contributed by atoms with Gasteiger partial charge in [-0.3, -0.25) is 4.79 Å². The predicted molar refractivity (Wildman–Crippen MR) is 96.5 cm³/mol. The van der Waals surface area contributed by atoms with Crippen LogP contribution in [-0.2, 0) is 4.79 Å². The second kappa shape index (κ2) is 7.77. The van der Waals surface area contributed by atoms with E-state index in [4.69, 9.17) is 13.9 Å². The number of fused-ring (bicyclic) bond motifs is 1. The van der Waals surface area contributed by atoms with E-state index in [-0.39, 0.29) is 29.6 Å². The van der Waals surface area contributed by atoms with Crippen molar-refractivity contribution in [1.82, 2.24) is 15.1 Å². The van der Waals surface area contributed by atoms with E-state index in [2.05, 4.69) is 10.2 Å². The van der Waals surface area contributed by atoms with Gasteiger partial charge in [-0.15, -0.1) is 10.2 Å². The van der Waals surface area contributed by atoms with E-state index in [1.165, 1.54) is 0 Å². The van der Waals surface area contributed by atoms with E-state index >= 15 is 0 Å². The zero-order valence-electron chi connectivity index (χ0n) is 15.4. The van der Waals surface area contributed by atoms with Crippen LogP contribution in [0.4, 0.5) is 13.2 Å². The molecule has 1 amide bonds. The van der Waals surface area contributed by atoms with Gasteiger partial charge in [-0.05, 0) is 43.9 Å². The summed E-state index contributed by atoms with van der Waals surface area (Å²) in [5.41, 5.74) is 0.612. The average molecular weight is 429 g/mol. The van der Waals surface area contributed by atoms with Crippen molar-refractivity contribution in [1.29, 1.82) is 0 Å². The molecule has 2 aliphatic rings. The smallest absolute Gasteiger partial charge is 0.406 e. The van der Waals surface area contributed by atoms with Crippen molar-refractivity contribution in [2.24, 2.45) is 5.92 Å². The molecule has 2 heterocycles. The second-order valence-corrected chi connectivity index (χ2v) is 7.87. The molecule has 11 heteroatoms. The fourth-order valence-corrected chi connectivity index (χ4v) is 3.76. The van der Waals surface area contributed by atoms with E-state index in [0.717, 1.165) is 29.5 Å². The Morgan fingerprint density at radius 3 is 2.76 bits per heavy atom. The molecule has 2 aromatic rings. The zero-order valence-corrected chi connectivity index (χ0v) is 16.3. The number of ether oxygens (including phenoxy) is 2. The number of aromatic nitrogens is 2. The van der Waals surface area contributed by atoms with Crippen molar-refractivity contribution < 1.29 is 31.9 Å². The molecule has 4 rings (SSSR count). The van der Waals surface area contributed by atoms with Gasteiger partial charge in [0.1, 0.15) is 6.54 Å².